The van der Waals surface area contributed by atoms with E-state index in [1.807, 2.05) is 0 Å². The third-order valence-electron chi connectivity index (χ3n) is 5.99. The fourth-order valence-electron chi connectivity index (χ4n) is 4.06. The van der Waals surface area contributed by atoms with Crippen LogP contribution in [0.4, 0.5) is 8.78 Å². The van der Waals surface area contributed by atoms with E-state index < -0.39 is 17.2 Å². The molecule has 0 amide bonds. The molecule has 0 bridgehead atoms. The average Bonchev–Trinajstić information content (AvgIpc) is 3.29. The lowest BCUT2D eigenvalue weighted by Crippen LogP contribution is -2.17. The lowest BCUT2D eigenvalue weighted by molar-refractivity contribution is 0.0785. The van der Waals surface area contributed by atoms with E-state index >= 15 is 0 Å². The number of nitrogens with zero attached hydrogens (tertiary/aromatic N) is 3. The van der Waals surface area contributed by atoms with E-state index in [0.717, 1.165) is 12.1 Å². The molecule has 188 valence electrons. The van der Waals surface area contributed by atoms with E-state index in [0.29, 0.717) is 39.2 Å². The molecule has 9 heteroatoms. The van der Waals surface area contributed by atoms with Crippen LogP contribution in [-0.4, -0.2) is 19.9 Å². The molecule has 0 radical (unpaired) electrons. The molecule has 2 heterocycles. The Morgan fingerprint density at radius 1 is 0.973 bits per heavy atom. The van der Waals surface area contributed by atoms with Crippen LogP contribution in [0.25, 0.3) is 28.0 Å². The van der Waals surface area contributed by atoms with Crippen LogP contribution in [-0.2, 0) is 5.60 Å². The summed E-state index contributed by atoms with van der Waals surface area (Å²) in [6.45, 7) is 6.64. The van der Waals surface area contributed by atoms with Gasteiger partial charge in [-0.3, -0.25) is 4.79 Å². The zero-order valence-corrected chi connectivity index (χ0v) is 20.5. The summed E-state index contributed by atoms with van der Waals surface area (Å²) in [7, 11) is 0. The lowest BCUT2D eigenvalue weighted by Gasteiger charge is -2.22. The van der Waals surface area contributed by atoms with Crippen LogP contribution in [0, 0.1) is 25.5 Å². The Balaban J connectivity index is 1.75. The van der Waals surface area contributed by atoms with Gasteiger partial charge in [-0.1, -0.05) is 6.07 Å². The molecule has 5 aromatic rings. The average molecular weight is 504 g/mol. The topological polar surface area (TPSA) is 90.4 Å². The molecular weight excluding hydrogens is 480 g/mol. The first kappa shape index (κ1) is 24.3. The highest BCUT2D eigenvalue weighted by atomic mass is 19.1. The van der Waals surface area contributed by atoms with Crippen molar-refractivity contribution in [2.24, 2.45) is 0 Å². The number of rotatable bonds is 5. The van der Waals surface area contributed by atoms with Crippen molar-refractivity contribution >= 4 is 10.9 Å². The number of halogens is 2. The van der Waals surface area contributed by atoms with Crippen molar-refractivity contribution in [3.63, 3.8) is 0 Å². The standard InChI is InChI=1S/C28H23F2N3O4/c1-15-14-33(22-8-5-17(11-20(22)26(15)34)27-32-31-16(2)36-27)23-12-18(28(3,4)35)6-9-25(23)37-24-10-7-19(29)13-21(24)30/h5-14,35H,1-4H3. The van der Waals surface area contributed by atoms with Gasteiger partial charge in [0.05, 0.1) is 16.8 Å². The van der Waals surface area contributed by atoms with Gasteiger partial charge in [0.25, 0.3) is 0 Å². The first-order valence-corrected chi connectivity index (χ1v) is 11.5. The fraction of sp³-hybridized carbons (Fsp3) is 0.179. The molecule has 37 heavy (non-hydrogen) atoms. The number of hydrogen-bond donors (Lipinski definition) is 1. The highest BCUT2D eigenvalue weighted by molar-refractivity contribution is 5.85. The molecular formula is C28H23F2N3O4. The first-order chi connectivity index (χ1) is 17.5. The molecule has 0 saturated heterocycles. The molecule has 0 aliphatic rings. The molecule has 0 saturated carbocycles. The van der Waals surface area contributed by atoms with Crippen LogP contribution in [0.15, 0.2) is 70.0 Å². The number of aromatic nitrogens is 3. The van der Waals surface area contributed by atoms with Crippen molar-refractivity contribution < 1.29 is 23.0 Å². The largest absolute Gasteiger partial charge is 0.452 e. The quantitative estimate of drug-likeness (QED) is 0.319. The summed E-state index contributed by atoms with van der Waals surface area (Å²) in [5.74, 6) is -0.842. The Kier molecular flexibility index (Phi) is 5.88. The first-order valence-electron chi connectivity index (χ1n) is 11.5. The van der Waals surface area contributed by atoms with Crippen LogP contribution < -0.4 is 10.2 Å². The number of aliphatic hydroxyl groups is 1. The molecule has 0 spiro atoms. The molecule has 0 aliphatic heterocycles. The number of ether oxygens (including phenoxy) is 1. The van der Waals surface area contributed by atoms with Crippen LogP contribution >= 0.6 is 0 Å². The second kappa shape index (κ2) is 8.94. The minimum atomic E-state index is -1.19. The van der Waals surface area contributed by atoms with E-state index in [9.17, 15) is 18.7 Å². The van der Waals surface area contributed by atoms with Crippen LogP contribution in [0.3, 0.4) is 0 Å². The van der Waals surface area contributed by atoms with Crippen molar-refractivity contribution in [3.8, 4) is 28.6 Å². The Hall–Kier alpha value is -4.37. The molecule has 0 aliphatic carbocycles. The Morgan fingerprint density at radius 3 is 2.41 bits per heavy atom. The maximum Gasteiger partial charge on any atom is 0.247 e. The van der Waals surface area contributed by atoms with E-state index in [-0.39, 0.29) is 22.8 Å². The predicted octanol–water partition coefficient (Wildman–Crippen LogP) is 5.96. The number of hydrogen-bond acceptors (Lipinski definition) is 6. The zero-order valence-electron chi connectivity index (χ0n) is 20.5. The number of benzene rings is 3. The maximum atomic E-state index is 14.4. The highest BCUT2D eigenvalue weighted by Crippen LogP contribution is 2.35. The van der Waals surface area contributed by atoms with E-state index in [1.54, 1.807) is 74.9 Å². The minimum absolute atomic E-state index is 0.171. The van der Waals surface area contributed by atoms with E-state index in [4.69, 9.17) is 9.15 Å². The summed E-state index contributed by atoms with van der Waals surface area (Å²) in [5.41, 5.74) is 1.19. The second-order valence-corrected chi connectivity index (χ2v) is 9.29. The molecule has 0 atom stereocenters. The summed E-state index contributed by atoms with van der Waals surface area (Å²) >= 11 is 0. The van der Waals surface area contributed by atoms with Gasteiger partial charge in [0, 0.05) is 35.7 Å². The zero-order chi connectivity index (χ0) is 26.5. The van der Waals surface area contributed by atoms with Gasteiger partial charge in [-0.15, -0.1) is 10.2 Å². The third kappa shape index (κ3) is 4.61. The van der Waals surface area contributed by atoms with E-state index in [1.165, 1.54) is 6.07 Å². The Labute approximate surface area is 210 Å². The van der Waals surface area contributed by atoms with Crippen LogP contribution in [0.2, 0.25) is 0 Å². The van der Waals surface area contributed by atoms with E-state index in [2.05, 4.69) is 10.2 Å². The number of pyridine rings is 1. The molecule has 7 nitrogen and oxygen atoms in total. The smallest absolute Gasteiger partial charge is 0.247 e. The highest BCUT2D eigenvalue weighted by Gasteiger charge is 2.21. The van der Waals surface area contributed by atoms with Gasteiger partial charge in [-0.2, -0.15) is 0 Å². The summed E-state index contributed by atoms with van der Waals surface area (Å²) in [4.78, 5) is 13.1. The molecule has 0 unspecified atom stereocenters. The Bertz CT molecular complexity index is 1720. The number of fused-ring (bicyclic) bond motifs is 1. The van der Waals surface area contributed by atoms with Gasteiger partial charge in [-0.25, -0.2) is 8.78 Å². The normalized spacial score (nSPS) is 11.8. The summed E-state index contributed by atoms with van der Waals surface area (Å²) < 4.78 is 41.0. The number of aryl methyl sites for hydroxylation is 2. The Morgan fingerprint density at radius 2 is 1.73 bits per heavy atom. The predicted molar refractivity (Wildman–Crippen MR) is 134 cm³/mol. The van der Waals surface area contributed by atoms with Gasteiger partial charge in [0.15, 0.2) is 22.7 Å². The van der Waals surface area contributed by atoms with Crippen molar-refractivity contribution in [1.82, 2.24) is 14.8 Å². The summed E-state index contributed by atoms with van der Waals surface area (Å²) in [6, 6.07) is 13.2. The minimum Gasteiger partial charge on any atom is -0.452 e. The maximum absolute atomic E-state index is 14.4. The molecule has 2 aromatic heterocycles. The monoisotopic (exact) mass is 503 g/mol. The van der Waals surface area contributed by atoms with Crippen molar-refractivity contribution in [2.75, 3.05) is 0 Å². The van der Waals surface area contributed by atoms with Gasteiger partial charge >= 0.3 is 0 Å². The van der Waals surface area contributed by atoms with Crippen LogP contribution in [0.5, 0.6) is 11.5 Å². The molecule has 5 rings (SSSR count). The van der Waals surface area contributed by atoms with Gasteiger partial charge < -0.3 is 18.8 Å². The van der Waals surface area contributed by atoms with Gasteiger partial charge in [0.2, 0.25) is 11.8 Å². The fourth-order valence-corrected chi connectivity index (χ4v) is 4.06. The molecule has 1 N–H and O–H groups in total. The molecule has 3 aromatic carbocycles. The lowest BCUT2D eigenvalue weighted by atomic mass is 9.97. The van der Waals surface area contributed by atoms with Gasteiger partial charge in [0.1, 0.15) is 5.82 Å². The van der Waals surface area contributed by atoms with Gasteiger partial charge in [-0.05, 0) is 68.8 Å². The summed E-state index contributed by atoms with van der Waals surface area (Å²) in [5, 5.41) is 18.9. The van der Waals surface area contributed by atoms with Crippen LogP contribution in [0.1, 0.15) is 30.9 Å². The third-order valence-corrected chi connectivity index (χ3v) is 5.99. The SMILES string of the molecule is Cc1nnc(-c2ccc3c(c2)c(=O)c(C)cn3-c2cc(C(C)(C)O)ccc2Oc2ccc(F)cc2F)o1. The van der Waals surface area contributed by atoms with Crippen molar-refractivity contribution in [3.05, 3.63) is 99.7 Å². The summed E-state index contributed by atoms with van der Waals surface area (Å²) in [6.07, 6.45) is 1.65. The van der Waals surface area contributed by atoms with Crippen molar-refractivity contribution in [2.45, 2.75) is 33.3 Å². The molecule has 0 fully saturated rings. The second-order valence-electron chi connectivity index (χ2n) is 9.29. The van der Waals surface area contributed by atoms with Crippen molar-refractivity contribution in [1.29, 1.82) is 0 Å².